The number of carbonyl (C=O) groups excluding carboxylic acids is 3. The van der Waals surface area contributed by atoms with Crippen LogP contribution in [0.15, 0.2) is 30.3 Å². The van der Waals surface area contributed by atoms with Gasteiger partial charge in [-0.25, -0.2) is 4.79 Å². The SMILES string of the molecule is CC(=O)c1c(C)[nH]c(C(=O)OC(C)C(=O)c2cc(C)n(-c3ccc(OC(F)F)cc3)c2C)c1C. The predicted octanol–water partition coefficient (Wildman–Crippen LogP) is 5.27. The number of halogens is 2. The third-order valence-corrected chi connectivity index (χ3v) is 5.66. The Morgan fingerprint density at radius 3 is 2.18 bits per heavy atom. The van der Waals surface area contributed by atoms with Crippen molar-refractivity contribution < 1.29 is 32.6 Å². The zero-order valence-corrected chi connectivity index (χ0v) is 19.8. The van der Waals surface area contributed by atoms with Gasteiger partial charge in [-0.05, 0) is 77.4 Å². The predicted molar refractivity (Wildman–Crippen MR) is 121 cm³/mol. The van der Waals surface area contributed by atoms with Crippen molar-refractivity contribution in [2.24, 2.45) is 0 Å². The fourth-order valence-electron chi connectivity index (χ4n) is 4.16. The van der Waals surface area contributed by atoms with E-state index in [1.165, 1.54) is 26.0 Å². The van der Waals surface area contributed by atoms with Gasteiger partial charge in [-0.15, -0.1) is 0 Å². The second-order valence-corrected chi connectivity index (χ2v) is 8.09. The first-order valence-electron chi connectivity index (χ1n) is 10.6. The van der Waals surface area contributed by atoms with Crippen LogP contribution in [0.2, 0.25) is 0 Å². The van der Waals surface area contributed by atoms with E-state index in [0.29, 0.717) is 33.8 Å². The minimum absolute atomic E-state index is 0.0285. The molecule has 9 heteroatoms. The summed E-state index contributed by atoms with van der Waals surface area (Å²) in [5.41, 5.74) is 3.99. The number of alkyl halides is 2. The van der Waals surface area contributed by atoms with Gasteiger partial charge in [0.15, 0.2) is 11.9 Å². The van der Waals surface area contributed by atoms with Gasteiger partial charge in [-0.1, -0.05) is 0 Å². The van der Waals surface area contributed by atoms with E-state index in [0.717, 1.165) is 5.69 Å². The van der Waals surface area contributed by atoms with Gasteiger partial charge in [-0.2, -0.15) is 8.78 Å². The number of aromatic nitrogens is 2. The Balaban J connectivity index is 1.82. The molecule has 180 valence electrons. The van der Waals surface area contributed by atoms with Crippen molar-refractivity contribution in [3.8, 4) is 11.4 Å². The molecular weight excluding hydrogens is 446 g/mol. The van der Waals surface area contributed by atoms with Crippen LogP contribution in [0.1, 0.15) is 67.7 Å². The number of nitrogens with zero attached hydrogens (tertiary/aromatic N) is 1. The Hall–Kier alpha value is -3.75. The summed E-state index contributed by atoms with van der Waals surface area (Å²) in [4.78, 5) is 40.5. The molecule has 0 radical (unpaired) electrons. The van der Waals surface area contributed by atoms with E-state index >= 15 is 0 Å². The number of ketones is 2. The highest BCUT2D eigenvalue weighted by Gasteiger charge is 2.27. The summed E-state index contributed by atoms with van der Waals surface area (Å²) in [6.45, 7) is 6.88. The fourth-order valence-corrected chi connectivity index (χ4v) is 4.16. The average Bonchev–Trinajstić information content (AvgIpc) is 3.22. The molecule has 0 fully saturated rings. The summed E-state index contributed by atoms with van der Waals surface area (Å²) in [6, 6.07) is 7.74. The molecule has 0 saturated carbocycles. The molecule has 3 aromatic rings. The Kier molecular flexibility index (Phi) is 7.04. The molecule has 0 spiro atoms. The van der Waals surface area contributed by atoms with Crippen molar-refractivity contribution in [2.45, 2.75) is 54.3 Å². The van der Waals surface area contributed by atoms with Gasteiger partial charge in [0.25, 0.3) is 0 Å². The van der Waals surface area contributed by atoms with Crippen LogP contribution in [0.5, 0.6) is 5.75 Å². The zero-order chi connectivity index (χ0) is 25.3. The summed E-state index contributed by atoms with van der Waals surface area (Å²) < 4.78 is 36.4. The van der Waals surface area contributed by atoms with E-state index in [9.17, 15) is 23.2 Å². The second-order valence-electron chi connectivity index (χ2n) is 8.09. The van der Waals surface area contributed by atoms with E-state index in [2.05, 4.69) is 9.72 Å². The van der Waals surface area contributed by atoms with Crippen LogP contribution in [0.25, 0.3) is 5.69 Å². The van der Waals surface area contributed by atoms with Crippen molar-refractivity contribution in [2.75, 3.05) is 0 Å². The lowest BCUT2D eigenvalue weighted by Gasteiger charge is -2.14. The lowest BCUT2D eigenvalue weighted by Crippen LogP contribution is -2.25. The number of carbonyl (C=O) groups is 3. The maximum atomic E-state index is 13.1. The number of aryl methyl sites for hydroxylation is 2. The molecular formula is C25H26F2N2O5. The maximum absolute atomic E-state index is 13.1. The maximum Gasteiger partial charge on any atom is 0.387 e. The van der Waals surface area contributed by atoms with Gasteiger partial charge in [0, 0.05) is 33.9 Å². The molecule has 0 aliphatic heterocycles. The molecule has 1 unspecified atom stereocenters. The Morgan fingerprint density at radius 1 is 1.03 bits per heavy atom. The van der Waals surface area contributed by atoms with Gasteiger partial charge in [0.1, 0.15) is 11.4 Å². The monoisotopic (exact) mass is 472 g/mol. The van der Waals surface area contributed by atoms with Gasteiger partial charge in [0.05, 0.1) is 0 Å². The molecule has 1 N–H and O–H groups in total. The molecule has 1 aromatic carbocycles. The first-order chi connectivity index (χ1) is 15.9. The van der Waals surface area contributed by atoms with Gasteiger partial charge in [0.2, 0.25) is 5.78 Å². The van der Waals surface area contributed by atoms with Crippen LogP contribution in [0, 0.1) is 27.7 Å². The smallest absolute Gasteiger partial charge is 0.387 e. The number of aromatic amines is 1. The number of hydrogen-bond donors (Lipinski definition) is 1. The Labute approximate surface area is 195 Å². The minimum atomic E-state index is -2.91. The average molecular weight is 472 g/mol. The molecule has 7 nitrogen and oxygen atoms in total. The molecule has 34 heavy (non-hydrogen) atoms. The largest absolute Gasteiger partial charge is 0.450 e. The highest BCUT2D eigenvalue weighted by Crippen LogP contribution is 2.25. The summed E-state index contributed by atoms with van der Waals surface area (Å²) >= 11 is 0. The number of Topliss-reactive ketones (excluding diaryl/α,β-unsaturated/α-hetero) is 2. The second kappa shape index (κ2) is 9.62. The number of rotatable bonds is 8. The third-order valence-electron chi connectivity index (χ3n) is 5.66. The normalized spacial score (nSPS) is 12.0. The first kappa shape index (κ1) is 24.9. The fraction of sp³-hybridized carbons (Fsp3) is 0.320. The lowest BCUT2D eigenvalue weighted by atomic mass is 10.1. The minimum Gasteiger partial charge on any atom is -0.450 e. The molecule has 0 amide bonds. The molecule has 2 heterocycles. The van der Waals surface area contributed by atoms with Crippen molar-refractivity contribution >= 4 is 17.5 Å². The molecule has 0 bridgehead atoms. The zero-order valence-electron chi connectivity index (χ0n) is 19.8. The van der Waals surface area contributed by atoms with E-state index < -0.39 is 24.5 Å². The molecule has 1 atom stereocenters. The number of benzene rings is 1. The highest BCUT2D eigenvalue weighted by molar-refractivity contribution is 6.04. The van der Waals surface area contributed by atoms with E-state index in [1.807, 2.05) is 0 Å². The van der Waals surface area contributed by atoms with Gasteiger partial charge >= 0.3 is 12.6 Å². The molecule has 0 aliphatic carbocycles. The standard InChI is InChI=1S/C25H26F2N2O5/c1-12-11-20(15(4)29(12)18-7-9-19(10-8-18)34-25(26)27)23(31)17(6)33-24(32)22-13(2)21(16(5)30)14(3)28-22/h7-11,17,25,28H,1-6H3. The number of esters is 1. The summed E-state index contributed by atoms with van der Waals surface area (Å²) in [5, 5.41) is 0. The van der Waals surface area contributed by atoms with Crippen LogP contribution >= 0.6 is 0 Å². The first-order valence-corrected chi connectivity index (χ1v) is 10.6. The van der Waals surface area contributed by atoms with Gasteiger partial charge < -0.3 is 19.0 Å². The van der Waals surface area contributed by atoms with E-state index in [-0.39, 0.29) is 17.2 Å². The van der Waals surface area contributed by atoms with Crippen LogP contribution < -0.4 is 4.74 Å². The Bertz CT molecular complexity index is 1260. The van der Waals surface area contributed by atoms with E-state index in [1.54, 1.807) is 50.5 Å². The van der Waals surface area contributed by atoms with Crippen LogP contribution in [-0.4, -0.2) is 39.8 Å². The van der Waals surface area contributed by atoms with Crippen LogP contribution in [0.4, 0.5) is 8.78 Å². The lowest BCUT2D eigenvalue weighted by molar-refractivity contribution is -0.0498. The van der Waals surface area contributed by atoms with Crippen molar-refractivity contribution in [1.82, 2.24) is 9.55 Å². The number of ether oxygens (including phenoxy) is 2. The highest BCUT2D eigenvalue weighted by atomic mass is 19.3. The Morgan fingerprint density at radius 2 is 1.65 bits per heavy atom. The van der Waals surface area contributed by atoms with Crippen LogP contribution in [-0.2, 0) is 4.74 Å². The number of H-pyrrole nitrogens is 1. The molecule has 0 saturated heterocycles. The van der Waals surface area contributed by atoms with Crippen LogP contribution in [0.3, 0.4) is 0 Å². The summed E-state index contributed by atoms with van der Waals surface area (Å²) in [5.74, 6) is -1.26. The van der Waals surface area contributed by atoms with Crippen molar-refractivity contribution in [1.29, 1.82) is 0 Å². The third kappa shape index (κ3) is 4.78. The summed E-state index contributed by atoms with van der Waals surface area (Å²) in [6.07, 6.45) is -1.08. The quantitative estimate of drug-likeness (QED) is 0.356. The van der Waals surface area contributed by atoms with Crippen molar-refractivity contribution in [3.63, 3.8) is 0 Å². The topological polar surface area (TPSA) is 90.4 Å². The molecule has 2 aromatic heterocycles. The summed E-state index contributed by atoms with van der Waals surface area (Å²) in [7, 11) is 0. The van der Waals surface area contributed by atoms with Crippen molar-refractivity contribution in [3.05, 3.63) is 69.8 Å². The number of nitrogens with one attached hydrogen (secondary N) is 1. The van der Waals surface area contributed by atoms with E-state index in [4.69, 9.17) is 4.74 Å². The number of hydrogen-bond acceptors (Lipinski definition) is 5. The molecule has 0 aliphatic rings. The molecule has 3 rings (SSSR count). The van der Waals surface area contributed by atoms with Gasteiger partial charge in [-0.3, -0.25) is 9.59 Å².